The van der Waals surface area contributed by atoms with E-state index >= 15 is 0 Å². The van der Waals surface area contributed by atoms with Crippen molar-refractivity contribution in [1.29, 1.82) is 0 Å². The Morgan fingerprint density at radius 3 is 2.67 bits per heavy atom. The molecule has 0 aliphatic carbocycles. The summed E-state index contributed by atoms with van der Waals surface area (Å²) in [6.45, 7) is 3.08. The van der Waals surface area contributed by atoms with Crippen LogP contribution in [0.5, 0.6) is 11.5 Å². The summed E-state index contributed by atoms with van der Waals surface area (Å²) in [6, 6.07) is 4.64. The molecule has 5 heteroatoms. The van der Waals surface area contributed by atoms with Crippen LogP contribution >= 0.6 is 11.6 Å². The van der Waals surface area contributed by atoms with Crippen LogP contribution in [0.2, 0.25) is 0 Å². The van der Waals surface area contributed by atoms with Gasteiger partial charge in [-0.05, 0) is 18.6 Å². The first-order valence-electron chi connectivity index (χ1n) is 5.86. The summed E-state index contributed by atoms with van der Waals surface area (Å²) in [7, 11) is 1.51. The highest BCUT2D eigenvalue weighted by atomic mass is 35.5. The number of amides is 1. The van der Waals surface area contributed by atoms with Crippen LogP contribution in [-0.2, 0) is 0 Å². The zero-order chi connectivity index (χ0) is 13.5. The molecular weight excluding hydrogens is 254 g/mol. The van der Waals surface area contributed by atoms with Crippen LogP contribution in [0.4, 0.5) is 0 Å². The maximum Gasteiger partial charge on any atom is 0.257 e. The lowest BCUT2D eigenvalue weighted by atomic mass is 10.1. The van der Waals surface area contributed by atoms with Crippen LogP contribution in [0.15, 0.2) is 18.2 Å². The van der Waals surface area contributed by atoms with E-state index in [1.165, 1.54) is 13.2 Å². The topological polar surface area (TPSA) is 49.8 Å². The number of rotatable bonds is 6. The van der Waals surface area contributed by atoms with Crippen LogP contribution in [0.3, 0.4) is 0 Å². The lowest BCUT2D eigenvalue weighted by Gasteiger charge is -2.21. The van der Waals surface area contributed by atoms with Crippen molar-refractivity contribution in [2.75, 3.05) is 26.1 Å². The molecule has 0 spiro atoms. The van der Waals surface area contributed by atoms with E-state index in [4.69, 9.17) is 16.3 Å². The largest absolute Gasteiger partial charge is 0.507 e. The highest BCUT2D eigenvalue weighted by molar-refractivity contribution is 6.18. The Morgan fingerprint density at radius 1 is 1.44 bits per heavy atom. The van der Waals surface area contributed by atoms with Crippen LogP contribution < -0.4 is 4.74 Å². The third kappa shape index (κ3) is 3.53. The van der Waals surface area contributed by atoms with E-state index in [-0.39, 0.29) is 17.2 Å². The molecule has 0 atom stereocenters. The van der Waals surface area contributed by atoms with Gasteiger partial charge >= 0.3 is 0 Å². The minimum absolute atomic E-state index is 0.0741. The molecule has 0 aliphatic rings. The summed E-state index contributed by atoms with van der Waals surface area (Å²) in [5, 5.41) is 9.82. The number of phenols is 1. The van der Waals surface area contributed by atoms with Crippen LogP contribution in [0.1, 0.15) is 23.7 Å². The Labute approximate surface area is 112 Å². The highest BCUT2D eigenvalue weighted by Crippen LogP contribution is 2.24. The van der Waals surface area contributed by atoms with Gasteiger partial charge in [0.15, 0.2) is 0 Å². The lowest BCUT2D eigenvalue weighted by molar-refractivity contribution is 0.0762. The summed E-state index contributed by atoms with van der Waals surface area (Å²) >= 11 is 5.67. The van der Waals surface area contributed by atoms with Gasteiger partial charge in [0.25, 0.3) is 5.91 Å². The minimum atomic E-state index is -0.211. The van der Waals surface area contributed by atoms with E-state index in [0.717, 1.165) is 6.42 Å². The number of nitrogens with zero attached hydrogens (tertiary/aromatic N) is 1. The number of ether oxygens (including phenoxy) is 1. The van der Waals surface area contributed by atoms with Gasteiger partial charge in [0.05, 0.1) is 12.7 Å². The van der Waals surface area contributed by atoms with Gasteiger partial charge in [0.1, 0.15) is 11.5 Å². The van der Waals surface area contributed by atoms with E-state index in [1.807, 2.05) is 6.92 Å². The van der Waals surface area contributed by atoms with E-state index in [0.29, 0.717) is 24.7 Å². The molecule has 4 nitrogen and oxygen atoms in total. The summed E-state index contributed by atoms with van der Waals surface area (Å²) in [5.74, 6) is 0.610. The molecule has 0 aromatic heterocycles. The van der Waals surface area contributed by atoms with Crippen molar-refractivity contribution in [3.8, 4) is 11.5 Å². The smallest absolute Gasteiger partial charge is 0.257 e. The highest BCUT2D eigenvalue weighted by Gasteiger charge is 2.18. The van der Waals surface area contributed by atoms with E-state index in [2.05, 4.69) is 0 Å². The summed E-state index contributed by atoms with van der Waals surface area (Å²) in [5.41, 5.74) is 0.273. The molecule has 1 amide bonds. The Balaban J connectivity index is 2.93. The van der Waals surface area contributed by atoms with Gasteiger partial charge < -0.3 is 14.7 Å². The van der Waals surface area contributed by atoms with E-state index in [9.17, 15) is 9.90 Å². The van der Waals surface area contributed by atoms with Crippen molar-refractivity contribution in [3.63, 3.8) is 0 Å². The first-order valence-corrected chi connectivity index (χ1v) is 6.39. The molecule has 1 rings (SSSR count). The molecular formula is C13H18ClNO3. The standard InChI is InChI=1S/C13H18ClNO3/c1-3-7-15(8-6-14)13(17)11-5-4-10(18-2)9-12(11)16/h4-5,9,16H,3,6-8H2,1-2H3. The molecule has 0 unspecified atom stereocenters. The predicted molar refractivity (Wildman–Crippen MR) is 71.6 cm³/mol. The van der Waals surface area contributed by atoms with Crippen molar-refractivity contribution >= 4 is 17.5 Å². The Hall–Kier alpha value is -1.42. The number of methoxy groups -OCH3 is 1. The summed E-state index contributed by atoms with van der Waals surface area (Å²) < 4.78 is 4.98. The number of hydrogen-bond donors (Lipinski definition) is 1. The van der Waals surface area contributed by atoms with Crippen LogP contribution in [-0.4, -0.2) is 42.0 Å². The number of hydrogen-bond acceptors (Lipinski definition) is 3. The number of carbonyl (C=O) groups is 1. The zero-order valence-electron chi connectivity index (χ0n) is 10.6. The summed E-state index contributed by atoms with van der Waals surface area (Å²) in [4.78, 5) is 13.8. The Kier molecular flexibility index (Phi) is 5.78. The van der Waals surface area contributed by atoms with Crippen LogP contribution in [0, 0.1) is 0 Å². The van der Waals surface area contributed by atoms with Gasteiger partial charge in [-0.3, -0.25) is 4.79 Å². The molecule has 0 aliphatic heterocycles. The lowest BCUT2D eigenvalue weighted by Crippen LogP contribution is -2.33. The molecule has 0 fully saturated rings. The van der Waals surface area contributed by atoms with Crippen molar-refractivity contribution < 1.29 is 14.6 Å². The second-order valence-electron chi connectivity index (χ2n) is 3.86. The first-order chi connectivity index (χ1) is 8.63. The quantitative estimate of drug-likeness (QED) is 0.809. The first kappa shape index (κ1) is 14.6. The molecule has 1 N–H and O–H groups in total. The molecule has 1 aromatic carbocycles. The molecule has 0 heterocycles. The Bertz CT molecular complexity index is 403. The van der Waals surface area contributed by atoms with E-state index in [1.54, 1.807) is 17.0 Å². The van der Waals surface area contributed by atoms with Crippen LogP contribution in [0.25, 0.3) is 0 Å². The number of alkyl halides is 1. The van der Waals surface area contributed by atoms with Gasteiger partial charge in [-0.1, -0.05) is 6.92 Å². The van der Waals surface area contributed by atoms with Gasteiger partial charge in [0.2, 0.25) is 0 Å². The average molecular weight is 272 g/mol. The summed E-state index contributed by atoms with van der Waals surface area (Å²) in [6.07, 6.45) is 0.847. The van der Waals surface area contributed by atoms with Gasteiger partial charge in [0, 0.05) is 25.0 Å². The zero-order valence-corrected chi connectivity index (χ0v) is 11.4. The fraction of sp³-hybridized carbons (Fsp3) is 0.462. The second kappa shape index (κ2) is 7.11. The van der Waals surface area contributed by atoms with Gasteiger partial charge in [-0.25, -0.2) is 0 Å². The maximum absolute atomic E-state index is 12.2. The molecule has 0 bridgehead atoms. The van der Waals surface area contributed by atoms with Gasteiger partial charge in [-0.2, -0.15) is 0 Å². The minimum Gasteiger partial charge on any atom is -0.507 e. The molecule has 18 heavy (non-hydrogen) atoms. The molecule has 0 saturated carbocycles. The van der Waals surface area contributed by atoms with Crippen molar-refractivity contribution in [2.45, 2.75) is 13.3 Å². The second-order valence-corrected chi connectivity index (χ2v) is 4.24. The third-order valence-corrected chi connectivity index (χ3v) is 2.74. The predicted octanol–water partition coefficient (Wildman–Crippen LogP) is 2.49. The molecule has 100 valence electrons. The number of phenolic OH excluding ortho intramolecular Hbond substituents is 1. The normalized spacial score (nSPS) is 10.2. The Morgan fingerprint density at radius 2 is 2.17 bits per heavy atom. The maximum atomic E-state index is 12.2. The molecule has 1 aromatic rings. The number of halogens is 1. The number of carbonyl (C=O) groups excluding carboxylic acids is 1. The molecule has 0 radical (unpaired) electrons. The molecule has 0 saturated heterocycles. The number of aromatic hydroxyl groups is 1. The van der Waals surface area contributed by atoms with Crippen molar-refractivity contribution in [1.82, 2.24) is 4.90 Å². The van der Waals surface area contributed by atoms with Crippen molar-refractivity contribution in [2.24, 2.45) is 0 Å². The fourth-order valence-electron chi connectivity index (χ4n) is 1.68. The van der Waals surface area contributed by atoms with Gasteiger partial charge in [-0.15, -0.1) is 11.6 Å². The SMILES string of the molecule is CCCN(CCCl)C(=O)c1ccc(OC)cc1O. The third-order valence-electron chi connectivity index (χ3n) is 2.57. The average Bonchev–Trinajstić information content (AvgIpc) is 2.37. The van der Waals surface area contributed by atoms with Crippen molar-refractivity contribution in [3.05, 3.63) is 23.8 Å². The van der Waals surface area contributed by atoms with E-state index < -0.39 is 0 Å². The number of benzene rings is 1. The monoisotopic (exact) mass is 271 g/mol. The fourth-order valence-corrected chi connectivity index (χ4v) is 1.88.